The number of carbonyl (C=O) groups is 2. The molecule has 2 amide bonds. The number of nitrogens with one attached hydrogen (secondary N) is 1. The number of hydrogen-bond acceptors (Lipinski definition) is 4. The standard InChI is InChI=1S/C24H30Cl3N3O4S/c1-15(2)12-28-24(32)17(4)29(13-18-8-6-16(3)7-9-18)23(31)14-30(35(5,33)34)22-11-20(26)19(25)10-21(22)27/h6-11,15,17H,12-14H2,1-5H3,(H,28,32). The predicted octanol–water partition coefficient (Wildman–Crippen LogP) is 4.91. The zero-order valence-electron chi connectivity index (χ0n) is 20.3. The molecular weight excluding hydrogens is 533 g/mol. The third-order valence-electron chi connectivity index (χ3n) is 5.26. The van der Waals surface area contributed by atoms with Crippen LogP contribution in [0.5, 0.6) is 0 Å². The highest BCUT2D eigenvalue weighted by atomic mass is 35.5. The molecule has 0 aliphatic heterocycles. The molecule has 1 atom stereocenters. The van der Waals surface area contributed by atoms with Crippen molar-refractivity contribution in [2.24, 2.45) is 5.92 Å². The van der Waals surface area contributed by atoms with E-state index in [2.05, 4.69) is 5.32 Å². The summed E-state index contributed by atoms with van der Waals surface area (Å²) in [5.41, 5.74) is 1.86. The second kappa shape index (κ2) is 12.3. The van der Waals surface area contributed by atoms with Crippen LogP contribution in [-0.2, 0) is 26.2 Å². The van der Waals surface area contributed by atoms with Gasteiger partial charge in [-0.2, -0.15) is 0 Å². The Morgan fingerprint density at radius 3 is 2.09 bits per heavy atom. The van der Waals surface area contributed by atoms with Crippen molar-refractivity contribution in [3.05, 3.63) is 62.6 Å². The minimum atomic E-state index is -3.95. The van der Waals surface area contributed by atoms with E-state index in [1.165, 1.54) is 17.0 Å². The SMILES string of the molecule is Cc1ccc(CN(C(=O)CN(c2cc(Cl)c(Cl)cc2Cl)S(C)(=O)=O)C(C)C(=O)NCC(C)C)cc1. The van der Waals surface area contributed by atoms with Crippen molar-refractivity contribution in [3.63, 3.8) is 0 Å². The molecule has 0 spiro atoms. The zero-order valence-corrected chi connectivity index (χ0v) is 23.4. The molecule has 2 aromatic rings. The van der Waals surface area contributed by atoms with Crippen molar-refractivity contribution in [2.75, 3.05) is 23.7 Å². The minimum Gasteiger partial charge on any atom is -0.354 e. The molecule has 192 valence electrons. The van der Waals surface area contributed by atoms with Gasteiger partial charge in [-0.1, -0.05) is 78.5 Å². The first-order valence-electron chi connectivity index (χ1n) is 11.0. The van der Waals surface area contributed by atoms with Gasteiger partial charge in [0.1, 0.15) is 12.6 Å². The van der Waals surface area contributed by atoms with Gasteiger partial charge in [0.25, 0.3) is 0 Å². The number of hydrogen-bond donors (Lipinski definition) is 1. The second-order valence-corrected chi connectivity index (χ2v) is 11.9. The van der Waals surface area contributed by atoms with Gasteiger partial charge < -0.3 is 10.2 Å². The quantitative estimate of drug-likeness (QED) is 0.417. The third-order valence-corrected chi connectivity index (χ3v) is 7.41. The summed E-state index contributed by atoms with van der Waals surface area (Å²) in [6.07, 6.45) is 0.961. The maximum absolute atomic E-state index is 13.5. The number of carbonyl (C=O) groups excluding carboxylic acids is 2. The van der Waals surface area contributed by atoms with Crippen LogP contribution in [0.25, 0.3) is 0 Å². The van der Waals surface area contributed by atoms with Crippen molar-refractivity contribution < 1.29 is 18.0 Å². The molecule has 0 fully saturated rings. The fourth-order valence-corrected chi connectivity index (χ4v) is 4.77. The van der Waals surface area contributed by atoms with Crippen molar-refractivity contribution in [3.8, 4) is 0 Å². The zero-order chi connectivity index (χ0) is 26.5. The number of anilines is 1. The smallest absolute Gasteiger partial charge is 0.244 e. The number of sulfonamides is 1. The fraction of sp³-hybridized carbons (Fsp3) is 0.417. The maximum Gasteiger partial charge on any atom is 0.244 e. The average molecular weight is 563 g/mol. The Bertz CT molecular complexity index is 1170. The third kappa shape index (κ3) is 8.27. The van der Waals surface area contributed by atoms with Crippen LogP contribution < -0.4 is 9.62 Å². The van der Waals surface area contributed by atoms with Gasteiger partial charge in [-0.15, -0.1) is 0 Å². The van der Waals surface area contributed by atoms with E-state index in [0.29, 0.717) is 6.54 Å². The Balaban J connectivity index is 2.43. The summed E-state index contributed by atoms with van der Waals surface area (Å²) >= 11 is 18.3. The second-order valence-electron chi connectivity index (χ2n) is 8.81. The molecule has 0 aliphatic carbocycles. The van der Waals surface area contributed by atoms with Crippen LogP contribution in [0.4, 0.5) is 5.69 Å². The van der Waals surface area contributed by atoms with Gasteiger partial charge in [-0.25, -0.2) is 8.42 Å². The molecule has 2 aromatic carbocycles. The van der Waals surface area contributed by atoms with Crippen LogP contribution in [0.1, 0.15) is 31.9 Å². The topological polar surface area (TPSA) is 86.8 Å². The largest absolute Gasteiger partial charge is 0.354 e. The van der Waals surface area contributed by atoms with Gasteiger partial charge in [0.15, 0.2) is 0 Å². The van der Waals surface area contributed by atoms with Gasteiger partial charge in [0, 0.05) is 13.1 Å². The molecule has 1 unspecified atom stereocenters. The Labute approximate surface area is 222 Å². The lowest BCUT2D eigenvalue weighted by Gasteiger charge is -2.32. The number of nitrogens with zero attached hydrogens (tertiary/aromatic N) is 2. The fourth-order valence-electron chi connectivity index (χ4n) is 3.22. The van der Waals surface area contributed by atoms with Crippen LogP contribution in [0.2, 0.25) is 15.1 Å². The summed E-state index contributed by atoms with van der Waals surface area (Å²) < 4.78 is 26.2. The highest BCUT2D eigenvalue weighted by Gasteiger charge is 2.31. The van der Waals surface area contributed by atoms with E-state index in [9.17, 15) is 18.0 Å². The first-order chi connectivity index (χ1) is 16.2. The molecular formula is C24H30Cl3N3O4S. The molecule has 0 aromatic heterocycles. The van der Waals surface area contributed by atoms with Crippen molar-refractivity contribution in [1.29, 1.82) is 0 Å². The Morgan fingerprint density at radius 1 is 0.971 bits per heavy atom. The molecule has 0 aliphatic rings. The number of amides is 2. The molecule has 7 nitrogen and oxygen atoms in total. The summed E-state index contributed by atoms with van der Waals surface area (Å²) in [4.78, 5) is 27.7. The molecule has 2 rings (SSSR count). The van der Waals surface area contributed by atoms with Crippen LogP contribution in [0.3, 0.4) is 0 Å². The lowest BCUT2D eigenvalue weighted by molar-refractivity contribution is -0.139. The van der Waals surface area contributed by atoms with Crippen LogP contribution in [0.15, 0.2) is 36.4 Å². The predicted molar refractivity (Wildman–Crippen MR) is 143 cm³/mol. The molecule has 0 saturated heterocycles. The van der Waals surface area contributed by atoms with E-state index in [1.54, 1.807) is 6.92 Å². The van der Waals surface area contributed by atoms with Gasteiger partial charge >= 0.3 is 0 Å². The number of aryl methyl sites for hydroxylation is 1. The van der Waals surface area contributed by atoms with Crippen LogP contribution >= 0.6 is 34.8 Å². The average Bonchev–Trinajstić information content (AvgIpc) is 2.76. The summed E-state index contributed by atoms with van der Waals surface area (Å²) in [5, 5.41) is 3.09. The van der Waals surface area contributed by atoms with Gasteiger partial charge in [0.05, 0.1) is 27.0 Å². The van der Waals surface area contributed by atoms with E-state index >= 15 is 0 Å². The summed E-state index contributed by atoms with van der Waals surface area (Å²) in [7, 11) is -3.95. The highest BCUT2D eigenvalue weighted by Crippen LogP contribution is 2.35. The number of benzene rings is 2. The van der Waals surface area contributed by atoms with E-state index < -0.39 is 28.5 Å². The molecule has 0 heterocycles. The Hall–Kier alpha value is -2.00. The Kier molecular flexibility index (Phi) is 10.3. The molecule has 1 N–H and O–H groups in total. The lowest BCUT2D eigenvalue weighted by Crippen LogP contribution is -2.51. The molecule has 0 radical (unpaired) electrons. The summed E-state index contributed by atoms with van der Waals surface area (Å²) in [6, 6.07) is 9.28. The van der Waals surface area contributed by atoms with E-state index in [4.69, 9.17) is 34.8 Å². The molecule has 0 saturated carbocycles. The normalized spacial score (nSPS) is 12.4. The number of halogens is 3. The van der Waals surface area contributed by atoms with Crippen LogP contribution in [-0.4, -0.2) is 50.5 Å². The van der Waals surface area contributed by atoms with Gasteiger partial charge in [0.2, 0.25) is 21.8 Å². The van der Waals surface area contributed by atoms with Crippen molar-refractivity contribution in [2.45, 2.75) is 40.3 Å². The summed E-state index contributed by atoms with van der Waals surface area (Å²) in [6.45, 7) is 7.46. The van der Waals surface area contributed by atoms with Crippen LogP contribution in [0, 0.1) is 12.8 Å². The molecule has 0 bridgehead atoms. The molecule has 35 heavy (non-hydrogen) atoms. The maximum atomic E-state index is 13.5. The van der Waals surface area contributed by atoms with E-state index in [1.807, 2.05) is 45.0 Å². The first-order valence-corrected chi connectivity index (χ1v) is 13.9. The minimum absolute atomic E-state index is 0.0177. The Morgan fingerprint density at radius 2 is 1.54 bits per heavy atom. The lowest BCUT2D eigenvalue weighted by atomic mass is 10.1. The monoisotopic (exact) mass is 561 g/mol. The van der Waals surface area contributed by atoms with E-state index in [0.717, 1.165) is 21.7 Å². The highest BCUT2D eigenvalue weighted by molar-refractivity contribution is 7.92. The van der Waals surface area contributed by atoms with E-state index in [-0.39, 0.29) is 39.1 Å². The van der Waals surface area contributed by atoms with Gasteiger partial charge in [-0.3, -0.25) is 13.9 Å². The first kappa shape index (κ1) is 29.2. The van der Waals surface area contributed by atoms with Gasteiger partial charge in [-0.05, 0) is 37.5 Å². The number of rotatable bonds is 10. The summed E-state index contributed by atoms with van der Waals surface area (Å²) in [5.74, 6) is -0.687. The van der Waals surface area contributed by atoms with Crippen molar-refractivity contribution in [1.82, 2.24) is 10.2 Å². The van der Waals surface area contributed by atoms with Crippen molar-refractivity contribution >= 4 is 62.3 Å². The molecule has 11 heteroatoms.